The summed E-state index contributed by atoms with van der Waals surface area (Å²) in [6.45, 7) is 5.63. The standard InChI is InChI=1S/C16H21N3OS/c1-3-19(11-15-5-4-10-21-15)12(2)16(20)18-14-8-6-13(17)7-9-14/h4-10,12H,3,11,17H2,1-2H3,(H,18,20). The molecule has 0 bridgehead atoms. The molecule has 1 aromatic heterocycles. The van der Waals surface area contributed by atoms with E-state index in [1.807, 2.05) is 25.1 Å². The van der Waals surface area contributed by atoms with Crippen LogP contribution in [-0.4, -0.2) is 23.4 Å². The van der Waals surface area contributed by atoms with Gasteiger partial charge < -0.3 is 11.1 Å². The molecule has 0 saturated heterocycles. The molecule has 0 aliphatic carbocycles. The molecule has 21 heavy (non-hydrogen) atoms. The molecular weight excluding hydrogens is 282 g/mol. The Kier molecular flexibility index (Phi) is 5.36. The minimum atomic E-state index is -0.186. The van der Waals surface area contributed by atoms with E-state index in [4.69, 9.17) is 5.73 Å². The van der Waals surface area contributed by atoms with Crippen LogP contribution in [0.4, 0.5) is 11.4 Å². The van der Waals surface area contributed by atoms with Gasteiger partial charge in [0, 0.05) is 22.8 Å². The summed E-state index contributed by atoms with van der Waals surface area (Å²) in [5, 5.41) is 4.99. The Bertz CT molecular complexity index is 566. The molecule has 3 N–H and O–H groups in total. The smallest absolute Gasteiger partial charge is 0.241 e. The van der Waals surface area contributed by atoms with Gasteiger partial charge in [-0.2, -0.15) is 0 Å². The van der Waals surface area contributed by atoms with Crippen LogP contribution in [0.1, 0.15) is 18.7 Å². The van der Waals surface area contributed by atoms with E-state index in [2.05, 4.69) is 28.6 Å². The maximum Gasteiger partial charge on any atom is 0.241 e. The molecule has 0 aliphatic rings. The van der Waals surface area contributed by atoms with Crippen molar-refractivity contribution in [2.75, 3.05) is 17.6 Å². The highest BCUT2D eigenvalue weighted by atomic mass is 32.1. The molecule has 1 heterocycles. The summed E-state index contributed by atoms with van der Waals surface area (Å²) in [5.74, 6) is -0.00169. The number of hydrogen-bond acceptors (Lipinski definition) is 4. The summed E-state index contributed by atoms with van der Waals surface area (Å²) in [5.41, 5.74) is 7.10. The molecule has 0 fully saturated rings. The van der Waals surface area contributed by atoms with E-state index >= 15 is 0 Å². The SMILES string of the molecule is CCN(Cc1cccs1)C(C)C(=O)Nc1ccc(N)cc1. The van der Waals surface area contributed by atoms with Crippen molar-refractivity contribution in [1.29, 1.82) is 0 Å². The quantitative estimate of drug-likeness (QED) is 0.806. The van der Waals surface area contributed by atoms with E-state index in [9.17, 15) is 4.79 Å². The molecule has 0 saturated carbocycles. The third-order valence-electron chi connectivity index (χ3n) is 3.45. The third kappa shape index (κ3) is 4.31. The lowest BCUT2D eigenvalue weighted by Crippen LogP contribution is -2.41. The second kappa shape index (κ2) is 7.24. The Morgan fingerprint density at radius 3 is 2.62 bits per heavy atom. The summed E-state index contributed by atoms with van der Waals surface area (Å²) in [4.78, 5) is 15.8. The average Bonchev–Trinajstić information content (AvgIpc) is 2.99. The van der Waals surface area contributed by atoms with Gasteiger partial charge in [-0.15, -0.1) is 11.3 Å². The molecule has 0 aliphatic heterocycles. The Labute approximate surface area is 129 Å². The van der Waals surface area contributed by atoms with Crippen molar-refractivity contribution in [3.8, 4) is 0 Å². The third-order valence-corrected chi connectivity index (χ3v) is 4.31. The van der Waals surface area contributed by atoms with Gasteiger partial charge in [-0.1, -0.05) is 13.0 Å². The van der Waals surface area contributed by atoms with Gasteiger partial charge in [0.15, 0.2) is 0 Å². The molecule has 1 aromatic carbocycles. The van der Waals surface area contributed by atoms with Crippen LogP contribution in [0.15, 0.2) is 41.8 Å². The van der Waals surface area contributed by atoms with E-state index in [1.165, 1.54) is 4.88 Å². The van der Waals surface area contributed by atoms with E-state index in [-0.39, 0.29) is 11.9 Å². The van der Waals surface area contributed by atoms with Crippen LogP contribution in [-0.2, 0) is 11.3 Å². The first-order valence-electron chi connectivity index (χ1n) is 7.03. The number of anilines is 2. The van der Waals surface area contributed by atoms with Gasteiger partial charge in [-0.25, -0.2) is 0 Å². The molecule has 1 unspecified atom stereocenters. The van der Waals surface area contributed by atoms with Crippen molar-refractivity contribution >= 4 is 28.6 Å². The van der Waals surface area contributed by atoms with Gasteiger partial charge in [-0.05, 0) is 49.2 Å². The first kappa shape index (κ1) is 15.5. The largest absolute Gasteiger partial charge is 0.399 e. The second-order valence-electron chi connectivity index (χ2n) is 4.93. The van der Waals surface area contributed by atoms with Crippen LogP contribution in [0.2, 0.25) is 0 Å². The van der Waals surface area contributed by atoms with Gasteiger partial charge in [0.1, 0.15) is 0 Å². The normalized spacial score (nSPS) is 12.3. The predicted octanol–water partition coefficient (Wildman–Crippen LogP) is 3.18. The fraction of sp³-hybridized carbons (Fsp3) is 0.312. The summed E-state index contributed by atoms with van der Waals surface area (Å²) in [6, 6.07) is 11.1. The van der Waals surface area contributed by atoms with Gasteiger partial charge in [0.05, 0.1) is 6.04 Å². The lowest BCUT2D eigenvalue weighted by molar-refractivity contribution is -0.120. The summed E-state index contributed by atoms with van der Waals surface area (Å²) in [7, 11) is 0. The maximum absolute atomic E-state index is 12.3. The van der Waals surface area contributed by atoms with Crippen LogP contribution >= 0.6 is 11.3 Å². The van der Waals surface area contributed by atoms with E-state index < -0.39 is 0 Å². The molecule has 4 nitrogen and oxygen atoms in total. The highest BCUT2D eigenvalue weighted by molar-refractivity contribution is 7.09. The molecular formula is C16H21N3OS. The lowest BCUT2D eigenvalue weighted by atomic mass is 10.2. The number of nitrogen functional groups attached to an aromatic ring is 1. The number of thiophene rings is 1. The molecule has 112 valence electrons. The fourth-order valence-electron chi connectivity index (χ4n) is 2.10. The highest BCUT2D eigenvalue weighted by Gasteiger charge is 2.20. The molecule has 0 radical (unpaired) electrons. The molecule has 0 spiro atoms. The van der Waals surface area contributed by atoms with Crippen molar-refractivity contribution in [2.45, 2.75) is 26.4 Å². The van der Waals surface area contributed by atoms with Gasteiger partial charge in [-0.3, -0.25) is 9.69 Å². The van der Waals surface area contributed by atoms with E-state index in [0.29, 0.717) is 5.69 Å². The van der Waals surface area contributed by atoms with Crippen LogP contribution in [0.3, 0.4) is 0 Å². The van der Waals surface area contributed by atoms with Crippen molar-refractivity contribution in [1.82, 2.24) is 4.90 Å². The van der Waals surface area contributed by atoms with Crippen LogP contribution in [0.25, 0.3) is 0 Å². The topological polar surface area (TPSA) is 58.4 Å². The van der Waals surface area contributed by atoms with E-state index in [1.54, 1.807) is 23.5 Å². The van der Waals surface area contributed by atoms with E-state index in [0.717, 1.165) is 18.8 Å². The highest BCUT2D eigenvalue weighted by Crippen LogP contribution is 2.15. The first-order chi connectivity index (χ1) is 10.1. The Morgan fingerprint density at radius 2 is 2.05 bits per heavy atom. The van der Waals surface area contributed by atoms with Gasteiger partial charge in [0.25, 0.3) is 0 Å². The maximum atomic E-state index is 12.3. The number of carbonyl (C=O) groups excluding carboxylic acids is 1. The summed E-state index contributed by atoms with van der Waals surface area (Å²) in [6.07, 6.45) is 0. The Balaban J connectivity index is 1.97. The average molecular weight is 303 g/mol. The zero-order valence-electron chi connectivity index (χ0n) is 12.4. The second-order valence-corrected chi connectivity index (χ2v) is 5.96. The van der Waals surface area contributed by atoms with Gasteiger partial charge >= 0.3 is 0 Å². The Hall–Kier alpha value is -1.85. The number of nitrogens with two attached hydrogens (primary N) is 1. The molecule has 2 aromatic rings. The fourth-order valence-corrected chi connectivity index (χ4v) is 2.83. The number of likely N-dealkylation sites (N-methyl/N-ethyl adjacent to an activating group) is 1. The van der Waals surface area contributed by atoms with Crippen LogP contribution in [0, 0.1) is 0 Å². The Morgan fingerprint density at radius 1 is 1.33 bits per heavy atom. The minimum Gasteiger partial charge on any atom is -0.399 e. The minimum absolute atomic E-state index is 0.00169. The first-order valence-corrected chi connectivity index (χ1v) is 7.91. The number of rotatable bonds is 6. The lowest BCUT2D eigenvalue weighted by Gasteiger charge is -2.26. The van der Waals surface area contributed by atoms with Crippen molar-refractivity contribution < 1.29 is 4.79 Å². The predicted molar refractivity (Wildman–Crippen MR) is 89.3 cm³/mol. The summed E-state index contributed by atoms with van der Waals surface area (Å²) >= 11 is 1.71. The number of carbonyl (C=O) groups is 1. The molecule has 1 atom stereocenters. The molecule has 5 heteroatoms. The summed E-state index contributed by atoms with van der Waals surface area (Å²) < 4.78 is 0. The number of nitrogens with zero attached hydrogens (tertiary/aromatic N) is 1. The van der Waals surface area contributed by atoms with Crippen LogP contribution < -0.4 is 11.1 Å². The monoisotopic (exact) mass is 303 g/mol. The zero-order chi connectivity index (χ0) is 15.2. The molecule has 1 amide bonds. The van der Waals surface area contributed by atoms with Crippen LogP contribution in [0.5, 0.6) is 0 Å². The van der Waals surface area contributed by atoms with Crippen molar-refractivity contribution in [2.24, 2.45) is 0 Å². The van der Waals surface area contributed by atoms with Crippen molar-refractivity contribution in [3.05, 3.63) is 46.7 Å². The number of benzene rings is 1. The number of amides is 1. The zero-order valence-corrected chi connectivity index (χ0v) is 13.2. The van der Waals surface area contributed by atoms with Crippen molar-refractivity contribution in [3.63, 3.8) is 0 Å². The van der Waals surface area contributed by atoms with Gasteiger partial charge in [0.2, 0.25) is 5.91 Å². The number of nitrogens with one attached hydrogen (secondary N) is 1. The number of hydrogen-bond donors (Lipinski definition) is 2. The molecule has 2 rings (SSSR count).